The summed E-state index contributed by atoms with van der Waals surface area (Å²) in [4.78, 5) is 13.1. The van der Waals surface area contributed by atoms with Crippen molar-refractivity contribution < 1.29 is 18.3 Å². The van der Waals surface area contributed by atoms with Crippen LogP contribution in [0.4, 0.5) is 14.5 Å². The van der Waals surface area contributed by atoms with E-state index in [4.69, 9.17) is 18.0 Å². The molecule has 1 amide bonds. The van der Waals surface area contributed by atoms with Crippen molar-refractivity contribution >= 4 is 28.9 Å². The average Bonchev–Trinajstić information content (AvgIpc) is 2.49. The Morgan fingerprint density at radius 1 is 1.32 bits per heavy atom. The number of anilines is 1. The molecule has 0 aliphatic carbocycles. The van der Waals surface area contributed by atoms with E-state index in [1.807, 2.05) is 4.90 Å². The lowest BCUT2D eigenvalue weighted by molar-refractivity contribution is -0.122. The molecule has 1 fully saturated rings. The normalized spacial score (nSPS) is 15.7. The first-order valence-corrected chi connectivity index (χ1v) is 7.26. The molecule has 8 heteroatoms. The van der Waals surface area contributed by atoms with Gasteiger partial charge in [-0.25, -0.2) is 0 Å². The first-order valence-electron chi connectivity index (χ1n) is 6.86. The van der Waals surface area contributed by atoms with Gasteiger partial charge in [0, 0.05) is 24.7 Å². The Hall–Kier alpha value is -1.96. The molecule has 0 spiro atoms. The molecule has 0 atom stereocenters. The number of amides is 1. The molecule has 0 radical (unpaired) electrons. The van der Waals surface area contributed by atoms with E-state index in [9.17, 15) is 13.6 Å². The van der Waals surface area contributed by atoms with E-state index < -0.39 is 6.61 Å². The topological polar surface area (TPSA) is 67.6 Å². The lowest BCUT2D eigenvalue weighted by atomic mass is 9.97. The molecular formula is C14H17F2N3O2S. The molecule has 1 aromatic rings. The maximum Gasteiger partial charge on any atom is 0.387 e. The van der Waals surface area contributed by atoms with Crippen LogP contribution in [0.3, 0.4) is 0 Å². The van der Waals surface area contributed by atoms with Crippen LogP contribution in [0.1, 0.15) is 12.8 Å². The van der Waals surface area contributed by atoms with Gasteiger partial charge < -0.3 is 20.7 Å². The molecule has 3 N–H and O–H groups in total. The minimum Gasteiger partial charge on any atom is -0.435 e. The molecule has 1 heterocycles. The van der Waals surface area contributed by atoms with Gasteiger partial charge in [-0.2, -0.15) is 8.78 Å². The SMILES string of the molecule is NC(=O)C1CCN(C(=S)Nc2ccc(OC(F)F)cc2)CC1. The van der Waals surface area contributed by atoms with E-state index in [1.165, 1.54) is 12.1 Å². The van der Waals surface area contributed by atoms with Gasteiger partial charge in [0.1, 0.15) is 5.75 Å². The van der Waals surface area contributed by atoms with Gasteiger partial charge in [0.2, 0.25) is 5.91 Å². The van der Waals surface area contributed by atoms with Gasteiger partial charge in [-0.15, -0.1) is 0 Å². The third-order valence-corrected chi connectivity index (χ3v) is 3.88. The number of hydrogen-bond donors (Lipinski definition) is 2. The minimum atomic E-state index is -2.84. The van der Waals surface area contributed by atoms with Gasteiger partial charge in [0.15, 0.2) is 5.11 Å². The van der Waals surface area contributed by atoms with E-state index in [2.05, 4.69) is 10.1 Å². The zero-order valence-electron chi connectivity index (χ0n) is 11.8. The molecule has 1 aliphatic heterocycles. The van der Waals surface area contributed by atoms with Crippen molar-refractivity contribution in [2.75, 3.05) is 18.4 Å². The largest absolute Gasteiger partial charge is 0.435 e. The Bertz CT molecular complexity index is 531. The Kier molecular flexibility index (Phi) is 5.48. The van der Waals surface area contributed by atoms with Crippen molar-refractivity contribution in [3.63, 3.8) is 0 Å². The van der Waals surface area contributed by atoms with Crippen LogP contribution in [0.25, 0.3) is 0 Å². The summed E-state index contributed by atoms with van der Waals surface area (Å²) in [5.41, 5.74) is 5.97. The van der Waals surface area contributed by atoms with Gasteiger partial charge in [0.05, 0.1) is 0 Å². The Morgan fingerprint density at radius 3 is 2.41 bits per heavy atom. The van der Waals surface area contributed by atoms with Gasteiger partial charge in [-0.05, 0) is 49.3 Å². The lowest BCUT2D eigenvalue weighted by Crippen LogP contribution is -2.43. The number of carbonyl (C=O) groups is 1. The third-order valence-electron chi connectivity index (χ3n) is 3.52. The van der Waals surface area contributed by atoms with Gasteiger partial charge in [-0.3, -0.25) is 4.79 Å². The van der Waals surface area contributed by atoms with Crippen LogP contribution < -0.4 is 15.8 Å². The Labute approximate surface area is 132 Å². The second kappa shape index (κ2) is 7.35. The van der Waals surface area contributed by atoms with E-state index in [1.54, 1.807) is 12.1 Å². The molecule has 0 aromatic heterocycles. The van der Waals surface area contributed by atoms with Crippen molar-refractivity contribution in [1.82, 2.24) is 4.90 Å². The van der Waals surface area contributed by atoms with E-state index in [0.717, 1.165) is 0 Å². The number of benzene rings is 1. The number of piperidine rings is 1. The molecule has 0 unspecified atom stereocenters. The van der Waals surface area contributed by atoms with Gasteiger partial charge >= 0.3 is 6.61 Å². The number of likely N-dealkylation sites (tertiary alicyclic amines) is 1. The molecule has 0 bridgehead atoms. The molecule has 1 saturated heterocycles. The number of alkyl halides is 2. The highest BCUT2D eigenvalue weighted by molar-refractivity contribution is 7.80. The van der Waals surface area contributed by atoms with Crippen LogP contribution in [-0.2, 0) is 4.79 Å². The third kappa shape index (κ3) is 4.52. The van der Waals surface area contributed by atoms with E-state index >= 15 is 0 Å². The van der Waals surface area contributed by atoms with E-state index in [0.29, 0.717) is 36.7 Å². The van der Waals surface area contributed by atoms with Crippen molar-refractivity contribution in [1.29, 1.82) is 0 Å². The zero-order valence-corrected chi connectivity index (χ0v) is 12.6. The van der Waals surface area contributed by atoms with E-state index in [-0.39, 0.29) is 17.6 Å². The van der Waals surface area contributed by atoms with Crippen LogP contribution >= 0.6 is 12.2 Å². The number of nitrogens with one attached hydrogen (secondary N) is 1. The predicted octanol–water partition coefficient (Wildman–Crippen LogP) is 2.18. The maximum atomic E-state index is 12.1. The minimum absolute atomic E-state index is 0.0914. The zero-order chi connectivity index (χ0) is 16.1. The second-order valence-electron chi connectivity index (χ2n) is 5.00. The number of thiocarbonyl (C=S) groups is 1. The highest BCUT2D eigenvalue weighted by atomic mass is 32.1. The summed E-state index contributed by atoms with van der Waals surface area (Å²) in [6.07, 6.45) is 1.36. The summed E-state index contributed by atoms with van der Waals surface area (Å²) < 4.78 is 28.4. The Balaban J connectivity index is 1.86. The van der Waals surface area contributed by atoms with Crippen molar-refractivity contribution in [2.45, 2.75) is 19.5 Å². The monoisotopic (exact) mass is 329 g/mol. The fourth-order valence-electron chi connectivity index (χ4n) is 2.29. The molecule has 1 aliphatic rings. The lowest BCUT2D eigenvalue weighted by Gasteiger charge is -2.32. The van der Waals surface area contributed by atoms with Crippen LogP contribution in [-0.4, -0.2) is 35.6 Å². The number of rotatable bonds is 4. The first kappa shape index (κ1) is 16.4. The van der Waals surface area contributed by atoms with Crippen molar-refractivity contribution in [3.8, 4) is 5.75 Å². The molecule has 0 saturated carbocycles. The van der Waals surface area contributed by atoms with Crippen LogP contribution in [0.15, 0.2) is 24.3 Å². The molecule has 22 heavy (non-hydrogen) atoms. The number of nitrogens with zero attached hydrogens (tertiary/aromatic N) is 1. The molecule has 120 valence electrons. The standard InChI is InChI=1S/C14H17F2N3O2S/c15-13(16)21-11-3-1-10(2-4-11)18-14(22)19-7-5-9(6-8-19)12(17)20/h1-4,9,13H,5-8H2,(H2,17,20)(H,18,22). The fraction of sp³-hybridized carbons (Fsp3) is 0.429. The Morgan fingerprint density at radius 2 is 1.91 bits per heavy atom. The second-order valence-corrected chi connectivity index (χ2v) is 5.38. The summed E-state index contributed by atoms with van der Waals surface area (Å²) in [5.74, 6) is -0.272. The number of halogens is 2. The predicted molar refractivity (Wildman–Crippen MR) is 82.8 cm³/mol. The first-order chi connectivity index (χ1) is 10.5. The van der Waals surface area contributed by atoms with Crippen molar-refractivity contribution in [3.05, 3.63) is 24.3 Å². The number of carbonyl (C=O) groups excluding carboxylic acids is 1. The van der Waals surface area contributed by atoms with Crippen LogP contribution in [0, 0.1) is 5.92 Å². The van der Waals surface area contributed by atoms with Crippen molar-refractivity contribution in [2.24, 2.45) is 11.7 Å². The number of hydrogen-bond acceptors (Lipinski definition) is 3. The highest BCUT2D eigenvalue weighted by Gasteiger charge is 2.24. The summed E-state index contributed by atoms with van der Waals surface area (Å²) in [7, 11) is 0. The van der Waals surface area contributed by atoms with Gasteiger partial charge in [-0.1, -0.05) is 0 Å². The maximum absolute atomic E-state index is 12.1. The average molecular weight is 329 g/mol. The summed E-state index contributed by atoms with van der Waals surface area (Å²) in [5, 5.41) is 3.57. The number of ether oxygens (including phenoxy) is 1. The molecular weight excluding hydrogens is 312 g/mol. The molecule has 2 rings (SSSR count). The number of primary amides is 1. The quantitative estimate of drug-likeness (QED) is 0.829. The summed E-state index contributed by atoms with van der Waals surface area (Å²) in [6.45, 7) is -1.52. The molecule has 1 aromatic carbocycles. The van der Waals surface area contributed by atoms with Crippen LogP contribution in [0.5, 0.6) is 5.75 Å². The van der Waals surface area contributed by atoms with Gasteiger partial charge in [0.25, 0.3) is 0 Å². The number of nitrogens with two attached hydrogens (primary N) is 1. The molecule has 5 nitrogen and oxygen atoms in total. The highest BCUT2D eigenvalue weighted by Crippen LogP contribution is 2.20. The summed E-state index contributed by atoms with van der Waals surface area (Å²) >= 11 is 5.31. The smallest absolute Gasteiger partial charge is 0.387 e. The fourth-order valence-corrected chi connectivity index (χ4v) is 2.59. The summed E-state index contributed by atoms with van der Waals surface area (Å²) in [6, 6.07) is 6.10. The van der Waals surface area contributed by atoms with Crippen LogP contribution in [0.2, 0.25) is 0 Å².